The van der Waals surface area contributed by atoms with E-state index in [-0.39, 0.29) is 0 Å². The van der Waals surface area contributed by atoms with Crippen LogP contribution in [0.15, 0.2) is 24.5 Å². The summed E-state index contributed by atoms with van der Waals surface area (Å²) in [5.74, 6) is 0.820. The van der Waals surface area contributed by atoms with E-state index in [0.29, 0.717) is 0 Å². The summed E-state index contributed by atoms with van der Waals surface area (Å²) < 4.78 is 0. The molecule has 1 N–H and O–H groups in total. The Morgan fingerprint density at radius 1 is 1.38 bits per heavy atom. The average Bonchev–Trinajstić information content (AvgIpc) is 3.05. The number of aromatic nitrogens is 1. The molecule has 2 aliphatic rings. The molecule has 0 amide bonds. The quantitative estimate of drug-likeness (QED) is 0.831. The van der Waals surface area contributed by atoms with Gasteiger partial charge in [-0.1, -0.05) is 0 Å². The van der Waals surface area contributed by atoms with Gasteiger partial charge in [0, 0.05) is 25.3 Å². The Hall–Kier alpha value is -1.09. The van der Waals surface area contributed by atoms with E-state index in [1.807, 2.05) is 18.5 Å². The Morgan fingerprint density at radius 3 is 3.06 bits per heavy atom. The second-order valence-electron chi connectivity index (χ2n) is 4.99. The van der Waals surface area contributed by atoms with Gasteiger partial charge in [0.1, 0.15) is 0 Å². The van der Waals surface area contributed by atoms with Crippen LogP contribution >= 0.6 is 0 Å². The Labute approximate surface area is 96.9 Å². The van der Waals surface area contributed by atoms with Crippen LogP contribution < -0.4 is 10.2 Å². The van der Waals surface area contributed by atoms with Gasteiger partial charge < -0.3 is 10.2 Å². The molecule has 86 valence electrons. The van der Waals surface area contributed by atoms with Crippen molar-refractivity contribution in [2.45, 2.75) is 25.3 Å². The lowest BCUT2D eigenvalue weighted by Crippen LogP contribution is -2.27. The first-order valence-corrected chi connectivity index (χ1v) is 6.30. The van der Waals surface area contributed by atoms with Gasteiger partial charge in [-0.15, -0.1) is 0 Å². The largest absolute Gasteiger partial charge is 0.370 e. The van der Waals surface area contributed by atoms with Crippen molar-refractivity contribution in [2.75, 3.05) is 24.5 Å². The van der Waals surface area contributed by atoms with Crippen LogP contribution in [0, 0.1) is 5.92 Å². The van der Waals surface area contributed by atoms with Gasteiger partial charge in [-0.3, -0.25) is 4.98 Å². The predicted molar refractivity (Wildman–Crippen MR) is 65.6 cm³/mol. The summed E-state index contributed by atoms with van der Waals surface area (Å²) in [6.07, 6.45) is 7.90. The van der Waals surface area contributed by atoms with Crippen molar-refractivity contribution in [3.63, 3.8) is 0 Å². The van der Waals surface area contributed by atoms with E-state index in [1.54, 1.807) is 0 Å². The summed E-state index contributed by atoms with van der Waals surface area (Å²) in [5.41, 5.74) is 1.27. The first kappa shape index (κ1) is 10.1. The Balaban J connectivity index is 1.52. The molecule has 3 nitrogen and oxygen atoms in total. The van der Waals surface area contributed by atoms with Crippen molar-refractivity contribution >= 4 is 5.69 Å². The molecule has 0 aromatic carbocycles. The Morgan fingerprint density at radius 2 is 2.31 bits per heavy atom. The fourth-order valence-corrected chi connectivity index (χ4v) is 2.40. The van der Waals surface area contributed by atoms with E-state index < -0.39 is 0 Å². The van der Waals surface area contributed by atoms with Crippen molar-refractivity contribution in [3.8, 4) is 0 Å². The Kier molecular flexibility index (Phi) is 2.79. The molecule has 1 aromatic heterocycles. The standard InChI is InChI=1S/C13H19N3/c1-2-13(9-14-6-1)16-7-5-11(10-16)8-15-12-3-4-12/h1-2,6,9,11-12,15H,3-5,7-8,10H2. The summed E-state index contributed by atoms with van der Waals surface area (Å²) in [6.45, 7) is 3.57. The topological polar surface area (TPSA) is 28.2 Å². The van der Waals surface area contributed by atoms with Crippen LogP contribution in [-0.4, -0.2) is 30.7 Å². The van der Waals surface area contributed by atoms with Gasteiger partial charge in [0.05, 0.1) is 11.9 Å². The molecule has 1 saturated carbocycles. The molecule has 1 aliphatic heterocycles. The molecule has 1 aromatic rings. The van der Waals surface area contributed by atoms with Crippen LogP contribution in [0.3, 0.4) is 0 Å². The second kappa shape index (κ2) is 4.42. The molecule has 1 aliphatic carbocycles. The molecule has 16 heavy (non-hydrogen) atoms. The van der Waals surface area contributed by atoms with Gasteiger partial charge in [-0.05, 0) is 43.9 Å². The highest BCUT2D eigenvalue weighted by molar-refractivity contribution is 5.44. The van der Waals surface area contributed by atoms with Gasteiger partial charge in [0.15, 0.2) is 0 Å². The zero-order valence-corrected chi connectivity index (χ0v) is 9.60. The smallest absolute Gasteiger partial charge is 0.0552 e. The van der Waals surface area contributed by atoms with Gasteiger partial charge in [0.25, 0.3) is 0 Å². The lowest BCUT2D eigenvalue weighted by atomic mass is 10.1. The minimum Gasteiger partial charge on any atom is -0.370 e. The highest BCUT2D eigenvalue weighted by Crippen LogP contribution is 2.24. The highest BCUT2D eigenvalue weighted by Gasteiger charge is 2.26. The van der Waals surface area contributed by atoms with E-state index >= 15 is 0 Å². The molecule has 2 fully saturated rings. The Bertz CT molecular complexity index is 334. The van der Waals surface area contributed by atoms with Gasteiger partial charge in [0.2, 0.25) is 0 Å². The van der Waals surface area contributed by atoms with Gasteiger partial charge in [-0.25, -0.2) is 0 Å². The van der Waals surface area contributed by atoms with Crippen LogP contribution in [0.1, 0.15) is 19.3 Å². The number of hydrogen-bond donors (Lipinski definition) is 1. The van der Waals surface area contributed by atoms with Crippen molar-refractivity contribution in [1.82, 2.24) is 10.3 Å². The molecular weight excluding hydrogens is 198 g/mol. The van der Waals surface area contributed by atoms with E-state index in [2.05, 4.69) is 21.3 Å². The van der Waals surface area contributed by atoms with E-state index in [0.717, 1.165) is 12.0 Å². The van der Waals surface area contributed by atoms with Crippen molar-refractivity contribution < 1.29 is 0 Å². The third-order valence-electron chi connectivity index (χ3n) is 3.57. The van der Waals surface area contributed by atoms with Crippen LogP contribution in [-0.2, 0) is 0 Å². The number of hydrogen-bond acceptors (Lipinski definition) is 3. The lowest BCUT2D eigenvalue weighted by Gasteiger charge is -2.18. The predicted octanol–water partition coefficient (Wildman–Crippen LogP) is 1.66. The van der Waals surface area contributed by atoms with E-state index in [9.17, 15) is 0 Å². The number of anilines is 1. The molecular formula is C13H19N3. The first-order valence-electron chi connectivity index (χ1n) is 6.30. The van der Waals surface area contributed by atoms with Crippen molar-refractivity contribution in [1.29, 1.82) is 0 Å². The van der Waals surface area contributed by atoms with Crippen molar-refractivity contribution in [3.05, 3.63) is 24.5 Å². The maximum absolute atomic E-state index is 4.18. The second-order valence-corrected chi connectivity index (χ2v) is 4.99. The van der Waals surface area contributed by atoms with E-state index in [1.165, 1.54) is 44.6 Å². The van der Waals surface area contributed by atoms with E-state index in [4.69, 9.17) is 0 Å². The van der Waals surface area contributed by atoms with Crippen molar-refractivity contribution in [2.24, 2.45) is 5.92 Å². The average molecular weight is 217 g/mol. The number of nitrogens with one attached hydrogen (secondary N) is 1. The zero-order valence-electron chi connectivity index (χ0n) is 9.60. The summed E-state index contributed by atoms with van der Waals surface area (Å²) in [4.78, 5) is 6.63. The molecule has 3 heteroatoms. The lowest BCUT2D eigenvalue weighted by molar-refractivity contribution is 0.515. The fraction of sp³-hybridized carbons (Fsp3) is 0.615. The molecule has 0 spiro atoms. The van der Waals surface area contributed by atoms with Crippen LogP contribution in [0.25, 0.3) is 0 Å². The molecule has 0 radical (unpaired) electrons. The number of pyridine rings is 1. The first-order chi connectivity index (χ1) is 7.92. The van der Waals surface area contributed by atoms with Gasteiger partial charge >= 0.3 is 0 Å². The summed E-state index contributed by atoms with van der Waals surface area (Å²) in [5, 5.41) is 3.63. The monoisotopic (exact) mass is 217 g/mol. The van der Waals surface area contributed by atoms with Crippen LogP contribution in [0.4, 0.5) is 5.69 Å². The van der Waals surface area contributed by atoms with Crippen LogP contribution in [0.2, 0.25) is 0 Å². The maximum atomic E-state index is 4.18. The molecule has 0 bridgehead atoms. The number of rotatable bonds is 4. The molecule has 3 rings (SSSR count). The fourth-order valence-electron chi connectivity index (χ4n) is 2.40. The third-order valence-corrected chi connectivity index (χ3v) is 3.57. The minimum atomic E-state index is 0.820. The summed E-state index contributed by atoms with van der Waals surface area (Å²) >= 11 is 0. The summed E-state index contributed by atoms with van der Waals surface area (Å²) in [7, 11) is 0. The molecule has 1 atom stereocenters. The summed E-state index contributed by atoms with van der Waals surface area (Å²) in [6, 6.07) is 5.02. The SMILES string of the molecule is c1cncc(N2CCC(CNC3CC3)C2)c1. The molecule has 1 unspecified atom stereocenters. The normalized spacial score (nSPS) is 25.0. The zero-order chi connectivity index (χ0) is 10.8. The number of nitrogens with zero attached hydrogens (tertiary/aromatic N) is 2. The maximum Gasteiger partial charge on any atom is 0.0552 e. The third kappa shape index (κ3) is 2.35. The molecule has 1 saturated heterocycles. The highest BCUT2D eigenvalue weighted by atomic mass is 15.2. The molecule has 2 heterocycles. The van der Waals surface area contributed by atoms with Gasteiger partial charge in [-0.2, -0.15) is 0 Å². The van der Waals surface area contributed by atoms with Crippen LogP contribution in [0.5, 0.6) is 0 Å². The minimum absolute atomic E-state index is 0.820.